The summed E-state index contributed by atoms with van der Waals surface area (Å²) in [6.45, 7) is 1.71. The smallest absolute Gasteiger partial charge is 0.346 e. The van der Waals surface area contributed by atoms with Gasteiger partial charge in [0.1, 0.15) is 16.7 Å². The van der Waals surface area contributed by atoms with Gasteiger partial charge in [0.2, 0.25) is 5.88 Å². The molecule has 4 aromatic rings. The Morgan fingerprint density at radius 1 is 1.18 bits per heavy atom. The van der Waals surface area contributed by atoms with Crippen molar-refractivity contribution in [2.24, 2.45) is 11.5 Å². The molecule has 0 fully saturated rings. The van der Waals surface area contributed by atoms with E-state index < -0.39 is 23.3 Å². The summed E-state index contributed by atoms with van der Waals surface area (Å²) in [6, 6.07) is 5.27. The number of hydrogen-bond donors (Lipinski definition) is 4. The number of nitrogen functional groups attached to an aromatic ring is 1. The van der Waals surface area contributed by atoms with Crippen LogP contribution in [0.1, 0.15) is 38.1 Å². The number of nitrogens with zero attached hydrogens (tertiary/aromatic N) is 3. The SMILES string of the molecule is Cc1nc(Oc2cncnc2)ccc1C1(N)C(=O)C(N)c2c(C(=O)O)sc3c(N)ccc1c23. The maximum absolute atomic E-state index is 13.6. The first-order valence-corrected chi connectivity index (χ1v) is 10.6. The highest BCUT2D eigenvalue weighted by atomic mass is 32.1. The third-order valence-corrected chi connectivity index (χ3v) is 6.99. The summed E-state index contributed by atoms with van der Waals surface area (Å²) >= 11 is 0.987. The quantitative estimate of drug-likeness (QED) is 0.328. The third-order valence-electron chi connectivity index (χ3n) is 5.75. The van der Waals surface area contributed by atoms with Gasteiger partial charge in [-0.05, 0) is 24.6 Å². The lowest BCUT2D eigenvalue weighted by atomic mass is 9.70. The molecular formula is C22H18N6O4S. The van der Waals surface area contributed by atoms with E-state index in [9.17, 15) is 14.7 Å². The van der Waals surface area contributed by atoms with Crippen molar-refractivity contribution in [1.82, 2.24) is 15.0 Å². The van der Waals surface area contributed by atoms with Gasteiger partial charge in [-0.15, -0.1) is 11.3 Å². The molecule has 2 unspecified atom stereocenters. The lowest BCUT2D eigenvalue weighted by Crippen LogP contribution is -2.53. The van der Waals surface area contributed by atoms with Crippen LogP contribution in [0.5, 0.6) is 11.6 Å². The van der Waals surface area contributed by atoms with Crippen molar-refractivity contribution in [3.8, 4) is 11.6 Å². The number of benzene rings is 1. The topological polar surface area (TPSA) is 180 Å². The van der Waals surface area contributed by atoms with Crippen LogP contribution in [0.15, 0.2) is 43.0 Å². The van der Waals surface area contributed by atoms with Gasteiger partial charge < -0.3 is 27.0 Å². The van der Waals surface area contributed by atoms with Crippen molar-refractivity contribution in [3.63, 3.8) is 0 Å². The second-order valence-electron chi connectivity index (χ2n) is 7.67. The number of nitrogens with two attached hydrogens (primary N) is 3. The van der Waals surface area contributed by atoms with Gasteiger partial charge in [-0.3, -0.25) is 4.79 Å². The lowest BCUT2D eigenvalue weighted by Gasteiger charge is -2.37. The molecule has 3 aromatic heterocycles. The Hall–Kier alpha value is -3.93. The van der Waals surface area contributed by atoms with Crippen molar-refractivity contribution < 1.29 is 19.4 Å². The number of carbonyl (C=O) groups excluding carboxylic acids is 1. The molecule has 7 N–H and O–H groups in total. The molecule has 0 amide bonds. The number of aromatic carboxylic acids is 1. The Morgan fingerprint density at radius 3 is 2.55 bits per heavy atom. The largest absolute Gasteiger partial charge is 0.477 e. The highest BCUT2D eigenvalue weighted by molar-refractivity contribution is 7.21. The maximum atomic E-state index is 13.6. The third kappa shape index (κ3) is 2.98. The average molecular weight is 462 g/mol. The fourth-order valence-electron chi connectivity index (χ4n) is 4.29. The van der Waals surface area contributed by atoms with E-state index in [4.69, 9.17) is 21.9 Å². The molecule has 0 radical (unpaired) electrons. The van der Waals surface area contributed by atoms with Crippen molar-refractivity contribution in [3.05, 3.63) is 70.2 Å². The Morgan fingerprint density at radius 2 is 1.88 bits per heavy atom. The minimum atomic E-state index is -1.65. The predicted molar refractivity (Wildman–Crippen MR) is 121 cm³/mol. The first kappa shape index (κ1) is 20.9. The number of ketones is 1. The summed E-state index contributed by atoms with van der Waals surface area (Å²) in [5.41, 5.74) is 19.5. The van der Waals surface area contributed by atoms with E-state index in [1.807, 2.05) is 0 Å². The second kappa shape index (κ2) is 7.30. The molecule has 0 spiro atoms. The van der Waals surface area contributed by atoms with Crippen molar-refractivity contribution >= 4 is 38.9 Å². The van der Waals surface area contributed by atoms with Crippen LogP contribution in [0, 0.1) is 6.92 Å². The molecule has 3 heterocycles. The van der Waals surface area contributed by atoms with Gasteiger partial charge in [-0.1, -0.05) is 6.07 Å². The van der Waals surface area contributed by atoms with Crippen molar-refractivity contribution in [2.75, 3.05) is 5.73 Å². The van der Waals surface area contributed by atoms with Gasteiger partial charge in [0.15, 0.2) is 11.5 Å². The highest BCUT2D eigenvalue weighted by Crippen LogP contribution is 2.49. The van der Waals surface area contributed by atoms with E-state index in [0.717, 1.165) is 11.3 Å². The highest BCUT2D eigenvalue weighted by Gasteiger charge is 2.49. The summed E-state index contributed by atoms with van der Waals surface area (Å²) in [5.74, 6) is -1.03. The molecule has 1 aromatic carbocycles. The number of carboxylic acids is 1. The van der Waals surface area contributed by atoms with E-state index in [1.165, 1.54) is 18.7 Å². The van der Waals surface area contributed by atoms with Gasteiger partial charge in [-0.2, -0.15) is 0 Å². The van der Waals surface area contributed by atoms with E-state index in [2.05, 4.69) is 15.0 Å². The first-order valence-electron chi connectivity index (χ1n) is 9.82. The van der Waals surface area contributed by atoms with Crippen molar-refractivity contribution in [2.45, 2.75) is 18.5 Å². The predicted octanol–water partition coefficient (Wildman–Crippen LogP) is 2.25. The Bertz CT molecular complexity index is 1450. The summed E-state index contributed by atoms with van der Waals surface area (Å²) < 4.78 is 6.21. The average Bonchev–Trinajstić information content (AvgIpc) is 3.20. The number of rotatable bonds is 4. The molecular weight excluding hydrogens is 444 g/mol. The number of Topliss-reactive ketones (excluding diaryl/α,β-unsaturated/α-hetero) is 1. The number of pyridine rings is 1. The van der Waals surface area contributed by atoms with Gasteiger partial charge in [0.05, 0.1) is 23.1 Å². The summed E-state index contributed by atoms with van der Waals surface area (Å²) in [4.78, 5) is 37.7. The lowest BCUT2D eigenvalue weighted by molar-refractivity contribution is -0.124. The number of hydrogen-bond acceptors (Lipinski definition) is 10. The van der Waals surface area contributed by atoms with Gasteiger partial charge in [-0.25, -0.2) is 19.7 Å². The number of aryl methyl sites for hydroxylation is 1. The first-order chi connectivity index (χ1) is 15.7. The van der Waals surface area contributed by atoms with Crippen molar-refractivity contribution in [1.29, 1.82) is 0 Å². The Kier molecular flexibility index (Phi) is 4.64. The molecule has 0 saturated heterocycles. The van der Waals surface area contributed by atoms with E-state index in [-0.39, 0.29) is 16.3 Å². The molecule has 0 aliphatic heterocycles. The Labute approximate surface area is 191 Å². The van der Waals surface area contributed by atoms with Crippen LogP contribution in [0.2, 0.25) is 0 Å². The monoisotopic (exact) mass is 462 g/mol. The minimum absolute atomic E-state index is 0.0178. The molecule has 1 aliphatic carbocycles. The molecule has 166 valence electrons. The number of aromatic nitrogens is 3. The second-order valence-corrected chi connectivity index (χ2v) is 8.69. The zero-order chi connectivity index (χ0) is 23.5. The van der Waals surface area contributed by atoms with Crippen LogP contribution in [-0.2, 0) is 10.3 Å². The molecule has 1 aliphatic rings. The molecule has 33 heavy (non-hydrogen) atoms. The zero-order valence-electron chi connectivity index (χ0n) is 17.3. The molecule has 0 bridgehead atoms. The maximum Gasteiger partial charge on any atom is 0.346 e. The summed E-state index contributed by atoms with van der Waals surface area (Å²) in [5, 5.41) is 10.2. The normalized spacial score (nSPS) is 19.6. The summed E-state index contributed by atoms with van der Waals surface area (Å²) in [7, 11) is 0. The van der Waals surface area contributed by atoms with Crippen LogP contribution >= 0.6 is 11.3 Å². The summed E-state index contributed by atoms with van der Waals surface area (Å²) in [6.07, 6.45) is 4.37. The van der Waals surface area contributed by atoms with E-state index in [1.54, 1.807) is 31.2 Å². The fourth-order valence-corrected chi connectivity index (χ4v) is 5.43. The minimum Gasteiger partial charge on any atom is -0.477 e. The van der Waals surface area contributed by atoms with Gasteiger partial charge in [0, 0.05) is 34.0 Å². The number of thiophene rings is 1. The van der Waals surface area contributed by atoms with Crippen LogP contribution in [0.4, 0.5) is 5.69 Å². The van der Waals surface area contributed by atoms with Crippen LogP contribution < -0.4 is 21.9 Å². The van der Waals surface area contributed by atoms with E-state index in [0.29, 0.717) is 38.3 Å². The molecule has 2 atom stereocenters. The Balaban J connectivity index is 1.70. The molecule has 0 saturated carbocycles. The van der Waals surface area contributed by atoms with Gasteiger partial charge >= 0.3 is 5.97 Å². The standard InChI is InChI=1S/C22H18N6O4S/c1-9-11(3-5-14(28-9)32-10-6-26-8-27-7-10)22(25)12-2-4-13(23)18-15(12)16(17(24)20(22)29)19(33-18)21(30)31/h2-8,17H,23-25H2,1H3,(H,30,31). The van der Waals surface area contributed by atoms with Gasteiger partial charge in [0.25, 0.3) is 0 Å². The van der Waals surface area contributed by atoms with Crippen LogP contribution in [0.3, 0.4) is 0 Å². The number of anilines is 1. The van der Waals surface area contributed by atoms with Crippen LogP contribution in [-0.4, -0.2) is 31.8 Å². The molecule has 11 heteroatoms. The van der Waals surface area contributed by atoms with Crippen LogP contribution in [0.25, 0.3) is 10.1 Å². The zero-order valence-corrected chi connectivity index (χ0v) is 18.1. The number of carbonyl (C=O) groups is 2. The number of ether oxygens (including phenoxy) is 1. The molecule has 10 nitrogen and oxygen atoms in total. The molecule has 5 rings (SSSR count). The van der Waals surface area contributed by atoms with E-state index >= 15 is 0 Å². The fraction of sp³-hybridized carbons (Fsp3) is 0.136. The number of carboxylic acid groups (broad SMARTS) is 1.